The smallest absolute Gasteiger partial charge is 0.166 e. The third-order valence-electron chi connectivity index (χ3n) is 1.27. The summed E-state index contributed by atoms with van der Waals surface area (Å²) >= 11 is 0. The molecule has 0 aliphatic rings. The molecule has 0 saturated heterocycles. The summed E-state index contributed by atoms with van der Waals surface area (Å²) in [6.07, 6.45) is 0.833. The van der Waals surface area contributed by atoms with Crippen molar-refractivity contribution in [2.24, 2.45) is 0 Å². The number of nitrogens with zero attached hydrogens (tertiary/aromatic N) is 1. The molecule has 0 N–H and O–H groups in total. The summed E-state index contributed by atoms with van der Waals surface area (Å²) < 4.78 is 1.77. The van der Waals surface area contributed by atoms with E-state index in [1.807, 2.05) is 13.0 Å². The standard InChI is InChI=1S/C6H8NOP/c1-5-2-3-6(4-8)7(5)9/h2-4H,9H2,1H3. The Bertz CT molecular complexity index is 229. The van der Waals surface area contributed by atoms with Crippen LogP contribution in [0.15, 0.2) is 12.1 Å². The van der Waals surface area contributed by atoms with Gasteiger partial charge >= 0.3 is 0 Å². The van der Waals surface area contributed by atoms with Gasteiger partial charge in [-0.25, -0.2) is 0 Å². The lowest BCUT2D eigenvalue weighted by Gasteiger charge is -1.95. The van der Waals surface area contributed by atoms with Gasteiger partial charge in [-0.05, 0) is 28.4 Å². The number of aromatic nitrogens is 1. The second kappa shape index (κ2) is 2.32. The molecular formula is C6H8NOP. The first-order valence-electron chi connectivity index (χ1n) is 2.64. The minimum atomic E-state index is 0.692. The summed E-state index contributed by atoms with van der Waals surface area (Å²) in [5.74, 6) is 0. The lowest BCUT2D eigenvalue weighted by Crippen LogP contribution is -1.87. The zero-order valence-electron chi connectivity index (χ0n) is 5.16. The lowest BCUT2D eigenvalue weighted by molar-refractivity contribution is 0.111. The van der Waals surface area contributed by atoms with Gasteiger partial charge in [-0.1, -0.05) is 0 Å². The average Bonchev–Trinajstić information content (AvgIpc) is 2.15. The minimum absolute atomic E-state index is 0.692. The number of rotatable bonds is 1. The van der Waals surface area contributed by atoms with Crippen molar-refractivity contribution in [3.05, 3.63) is 23.5 Å². The molecule has 9 heavy (non-hydrogen) atoms. The van der Waals surface area contributed by atoms with Crippen LogP contribution < -0.4 is 0 Å². The van der Waals surface area contributed by atoms with Crippen molar-refractivity contribution in [3.8, 4) is 0 Å². The predicted molar refractivity (Wildman–Crippen MR) is 39.7 cm³/mol. The molecule has 1 atom stereocenters. The van der Waals surface area contributed by atoms with E-state index in [4.69, 9.17) is 0 Å². The first kappa shape index (κ1) is 6.50. The van der Waals surface area contributed by atoms with Crippen LogP contribution in [0.3, 0.4) is 0 Å². The van der Waals surface area contributed by atoms with E-state index in [-0.39, 0.29) is 0 Å². The van der Waals surface area contributed by atoms with E-state index in [0.29, 0.717) is 5.69 Å². The number of aryl methyl sites for hydroxylation is 1. The Balaban J connectivity index is 3.18. The summed E-state index contributed by atoms with van der Waals surface area (Å²) in [6.45, 7) is 1.94. The molecule has 0 saturated carbocycles. The summed E-state index contributed by atoms with van der Waals surface area (Å²) in [4.78, 5) is 10.2. The molecule has 0 fully saturated rings. The first-order valence-corrected chi connectivity index (χ1v) is 3.16. The van der Waals surface area contributed by atoms with Crippen LogP contribution in [0.2, 0.25) is 0 Å². The highest BCUT2D eigenvalue weighted by Crippen LogP contribution is 2.08. The molecule has 2 nitrogen and oxygen atoms in total. The lowest BCUT2D eigenvalue weighted by atomic mass is 10.5. The van der Waals surface area contributed by atoms with Crippen LogP contribution in [-0.2, 0) is 0 Å². The van der Waals surface area contributed by atoms with Crippen molar-refractivity contribution < 1.29 is 4.79 Å². The number of carbonyl (C=O) groups is 1. The first-order chi connectivity index (χ1) is 4.25. The van der Waals surface area contributed by atoms with Gasteiger partial charge in [-0.2, -0.15) is 0 Å². The zero-order valence-corrected chi connectivity index (χ0v) is 6.32. The summed E-state index contributed by atoms with van der Waals surface area (Å²) in [7, 11) is 2.46. The molecule has 0 radical (unpaired) electrons. The summed E-state index contributed by atoms with van der Waals surface area (Å²) in [6, 6.07) is 3.69. The van der Waals surface area contributed by atoms with Gasteiger partial charge in [0.05, 0.1) is 5.69 Å². The maximum absolute atomic E-state index is 10.2. The second-order valence-corrected chi connectivity index (χ2v) is 2.40. The molecule has 0 aromatic carbocycles. The quantitative estimate of drug-likeness (QED) is 0.426. The van der Waals surface area contributed by atoms with E-state index in [0.717, 1.165) is 12.0 Å². The van der Waals surface area contributed by atoms with E-state index >= 15 is 0 Å². The Hall–Kier alpha value is -0.620. The van der Waals surface area contributed by atoms with E-state index in [9.17, 15) is 4.79 Å². The molecule has 3 heteroatoms. The van der Waals surface area contributed by atoms with Crippen molar-refractivity contribution in [2.75, 3.05) is 0 Å². The van der Waals surface area contributed by atoms with Crippen LogP contribution in [0.5, 0.6) is 0 Å². The fourth-order valence-corrected chi connectivity index (χ4v) is 0.899. The third-order valence-corrected chi connectivity index (χ3v) is 1.98. The van der Waals surface area contributed by atoms with Crippen molar-refractivity contribution in [1.29, 1.82) is 0 Å². The Labute approximate surface area is 56.1 Å². The van der Waals surface area contributed by atoms with Gasteiger partial charge in [0.15, 0.2) is 6.29 Å². The maximum Gasteiger partial charge on any atom is 0.166 e. The molecule has 1 heterocycles. The van der Waals surface area contributed by atoms with Crippen molar-refractivity contribution >= 4 is 15.7 Å². The van der Waals surface area contributed by atoms with Crippen LogP contribution in [0.1, 0.15) is 16.2 Å². The van der Waals surface area contributed by atoms with E-state index < -0.39 is 0 Å². The van der Waals surface area contributed by atoms with Gasteiger partial charge in [-0.15, -0.1) is 0 Å². The normalized spacial score (nSPS) is 9.56. The molecule has 0 spiro atoms. The molecule has 1 rings (SSSR count). The number of carbonyl (C=O) groups excluding carboxylic acids is 1. The number of hydrogen-bond acceptors (Lipinski definition) is 1. The zero-order chi connectivity index (χ0) is 6.85. The van der Waals surface area contributed by atoms with Crippen LogP contribution in [0.4, 0.5) is 0 Å². The topological polar surface area (TPSA) is 22.0 Å². The molecule has 0 aliphatic carbocycles. The molecule has 48 valence electrons. The molecule has 1 unspecified atom stereocenters. The van der Waals surface area contributed by atoms with Gasteiger partial charge in [0.2, 0.25) is 0 Å². The van der Waals surface area contributed by atoms with Gasteiger partial charge < -0.3 is 4.34 Å². The van der Waals surface area contributed by atoms with Crippen LogP contribution in [0, 0.1) is 6.92 Å². The third kappa shape index (κ3) is 1.03. The highest BCUT2D eigenvalue weighted by atomic mass is 31.0. The summed E-state index contributed by atoms with van der Waals surface area (Å²) in [5.41, 5.74) is 1.76. The number of hydrogen-bond donors (Lipinski definition) is 0. The molecule has 1 aromatic rings. The predicted octanol–water partition coefficient (Wildman–Crippen LogP) is 1.25. The van der Waals surface area contributed by atoms with Crippen molar-refractivity contribution in [3.63, 3.8) is 0 Å². The highest BCUT2D eigenvalue weighted by molar-refractivity contribution is 7.14. The van der Waals surface area contributed by atoms with Crippen molar-refractivity contribution in [2.45, 2.75) is 6.92 Å². The van der Waals surface area contributed by atoms with Crippen LogP contribution in [0.25, 0.3) is 0 Å². The van der Waals surface area contributed by atoms with Gasteiger partial charge in [0, 0.05) is 5.69 Å². The Morgan fingerprint density at radius 1 is 1.67 bits per heavy atom. The Morgan fingerprint density at radius 3 is 2.56 bits per heavy atom. The van der Waals surface area contributed by atoms with E-state index in [1.165, 1.54) is 0 Å². The van der Waals surface area contributed by atoms with Gasteiger partial charge in [0.1, 0.15) is 0 Å². The van der Waals surface area contributed by atoms with Crippen LogP contribution in [-0.4, -0.2) is 10.6 Å². The second-order valence-electron chi connectivity index (χ2n) is 1.89. The van der Waals surface area contributed by atoms with E-state index in [1.54, 1.807) is 10.4 Å². The monoisotopic (exact) mass is 141 g/mol. The number of aldehydes is 1. The molecular weight excluding hydrogens is 133 g/mol. The fraction of sp³-hybridized carbons (Fsp3) is 0.167. The molecule has 1 aromatic heterocycles. The SMILES string of the molecule is Cc1ccc(C=O)n1P. The van der Waals surface area contributed by atoms with Crippen LogP contribution >= 0.6 is 9.39 Å². The summed E-state index contributed by atoms with van der Waals surface area (Å²) in [5, 5.41) is 0. The Morgan fingerprint density at radius 2 is 2.33 bits per heavy atom. The minimum Gasteiger partial charge on any atom is -0.327 e. The van der Waals surface area contributed by atoms with Gasteiger partial charge in [0.25, 0.3) is 0 Å². The fourth-order valence-electron chi connectivity index (χ4n) is 0.666. The Kier molecular flexibility index (Phi) is 1.68. The average molecular weight is 141 g/mol. The maximum atomic E-state index is 10.2. The van der Waals surface area contributed by atoms with Crippen molar-refractivity contribution in [1.82, 2.24) is 4.34 Å². The molecule has 0 bridgehead atoms. The van der Waals surface area contributed by atoms with E-state index in [2.05, 4.69) is 9.39 Å². The highest BCUT2D eigenvalue weighted by Gasteiger charge is 1.96. The van der Waals surface area contributed by atoms with Gasteiger partial charge in [-0.3, -0.25) is 4.79 Å². The molecule has 0 amide bonds. The molecule has 0 aliphatic heterocycles. The largest absolute Gasteiger partial charge is 0.327 e.